The molecule has 1 saturated carbocycles. The Morgan fingerprint density at radius 2 is 1.69 bits per heavy atom. The number of hydrogen-bond donors (Lipinski definition) is 3. The van der Waals surface area contributed by atoms with Crippen molar-refractivity contribution in [3.05, 3.63) is 101 Å². The number of amides is 2. The molecule has 1 fully saturated rings. The third-order valence-corrected chi connectivity index (χ3v) is 7.39. The van der Waals surface area contributed by atoms with E-state index in [1.165, 1.54) is 4.68 Å². The van der Waals surface area contributed by atoms with Gasteiger partial charge in [0.2, 0.25) is 0 Å². The van der Waals surface area contributed by atoms with E-state index in [-0.39, 0.29) is 23.6 Å². The molecule has 0 radical (unpaired) electrons. The molecule has 0 unspecified atom stereocenters. The molecule has 3 N–H and O–H groups in total. The Morgan fingerprint density at radius 1 is 0.949 bits per heavy atom. The summed E-state index contributed by atoms with van der Waals surface area (Å²) in [6, 6.07) is 24.0. The zero-order valence-corrected chi connectivity index (χ0v) is 22.2. The average molecular weight is 523 g/mol. The molecule has 0 aliphatic heterocycles. The normalized spacial score (nSPS) is 13.4. The van der Waals surface area contributed by atoms with Gasteiger partial charge in [-0.05, 0) is 73.2 Å². The molecule has 3 aromatic carbocycles. The topological polar surface area (TPSA) is 96.2 Å². The van der Waals surface area contributed by atoms with Crippen LogP contribution in [-0.4, -0.2) is 33.4 Å². The molecule has 4 aromatic rings. The van der Waals surface area contributed by atoms with Crippen LogP contribution in [0, 0.1) is 0 Å². The molecule has 1 heterocycles. The van der Waals surface area contributed by atoms with E-state index in [9.17, 15) is 14.7 Å². The number of phenolic OH excluding ortho intramolecular Hbond substituents is 1. The highest BCUT2D eigenvalue weighted by Gasteiger charge is 2.26. The van der Waals surface area contributed by atoms with Gasteiger partial charge in [-0.1, -0.05) is 62.2 Å². The number of rotatable bonds is 8. The molecule has 1 aliphatic carbocycles. The first kappa shape index (κ1) is 26.2. The van der Waals surface area contributed by atoms with Gasteiger partial charge in [0.15, 0.2) is 0 Å². The molecular formula is C32H34N4O3. The van der Waals surface area contributed by atoms with Crippen molar-refractivity contribution in [2.45, 2.75) is 51.4 Å². The monoisotopic (exact) mass is 522 g/mol. The zero-order valence-electron chi connectivity index (χ0n) is 22.2. The molecule has 39 heavy (non-hydrogen) atoms. The lowest BCUT2D eigenvalue weighted by molar-refractivity contribution is 0.102. The van der Waals surface area contributed by atoms with Crippen molar-refractivity contribution in [1.29, 1.82) is 0 Å². The van der Waals surface area contributed by atoms with Crippen LogP contribution >= 0.6 is 0 Å². The first-order valence-corrected chi connectivity index (χ1v) is 13.7. The Kier molecular flexibility index (Phi) is 8.06. The second-order valence-corrected chi connectivity index (χ2v) is 10.1. The maximum atomic E-state index is 13.2. The Morgan fingerprint density at radius 3 is 2.41 bits per heavy atom. The fraction of sp³-hybridized carbons (Fsp3) is 0.281. The quantitative estimate of drug-likeness (QED) is 0.229. The minimum absolute atomic E-state index is 0.0346. The summed E-state index contributed by atoms with van der Waals surface area (Å²) in [7, 11) is 0. The standard InChI is InChI=1S/C32H34N4O3/c1-2-22-12-14-25(15-13-22)31(38)34-26-16-17-30(37)27(20-26)28-21-29(24-10-6-7-11-24)36(35-28)32(39)33-19-18-23-8-4-3-5-9-23/h3-5,8-9,12-17,20-21,24,37H,2,6-7,10-11,18-19H2,1H3,(H,33,39)(H,34,38). The largest absolute Gasteiger partial charge is 0.507 e. The molecule has 2 amide bonds. The second-order valence-electron chi connectivity index (χ2n) is 10.1. The molecule has 200 valence electrons. The number of phenols is 1. The number of anilines is 1. The molecule has 5 rings (SSSR count). The smallest absolute Gasteiger partial charge is 0.342 e. The number of hydrogen-bond acceptors (Lipinski definition) is 4. The number of benzene rings is 3. The van der Waals surface area contributed by atoms with Crippen molar-refractivity contribution in [3.8, 4) is 17.0 Å². The Balaban J connectivity index is 1.37. The molecule has 1 aromatic heterocycles. The number of aryl methyl sites for hydroxylation is 1. The van der Waals surface area contributed by atoms with Crippen LogP contribution in [0.3, 0.4) is 0 Å². The Hall–Kier alpha value is -4.39. The van der Waals surface area contributed by atoms with Crippen LogP contribution in [0.4, 0.5) is 10.5 Å². The summed E-state index contributed by atoms with van der Waals surface area (Å²) in [4.78, 5) is 26.1. The first-order chi connectivity index (χ1) is 19.0. The van der Waals surface area contributed by atoms with Gasteiger partial charge in [-0.3, -0.25) is 4.79 Å². The zero-order chi connectivity index (χ0) is 27.2. The number of aromatic nitrogens is 2. The summed E-state index contributed by atoms with van der Waals surface area (Å²) in [6.07, 6.45) is 5.87. The van der Waals surface area contributed by atoms with Gasteiger partial charge in [0, 0.05) is 29.3 Å². The van der Waals surface area contributed by atoms with Gasteiger partial charge in [0.1, 0.15) is 5.75 Å². The summed E-state index contributed by atoms with van der Waals surface area (Å²) < 4.78 is 1.45. The maximum Gasteiger partial charge on any atom is 0.342 e. The second kappa shape index (κ2) is 12.0. The molecule has 0 spiro atoms. The SMILES string of the molecule is CCc1ccc(C(=O)Nc2ccc(O)c(-c3cc(C4CCCC4)n(C(=O)NCCc4ccccc4)n3)c2)cc1. The van der Waals surface area contributed by atoms with Crippen LogP contribution in [-0.2, 0) is 12.8 Å². The van der Waals surface area contributed by atoms with Gasteiger partial charge in [-0.2, -0.15) is 9.78 Å². The van der Waals surface area contributed by atoms with E-state index in [0.717, 1.165) is 55.3 Å². The van der Waals surface area contributed by atoms with Crippen molar-refractivity contribution < 1.29 is 14.7 Å². The predicted molar refractivity (Wildman–Crippen MR) is 153 cm³/mol. The number of aromatic hydroxyl groups is 1. The van der Waals surface area contributed by atoms with E-state index >= 15 is 0 Å². The molecule has 0 bridgehead atoms. The summed E-state index contributed by atoms with van der Waals surface area (Å²) >= 11 is 0. The van der Waals surface area contributed by atoms with E-state index in [2.05, 4.69) is 22.7 Å². The van der Waals surface area contributed by atoms with Crippen molar-refractivity contribution >= 4 is 17.6 Å². The summed E-state index contributed by atoms with van der Waals surface area (Å²) in [5.74, 6) is 0.0407. The van der Waals surface area contributed by atoms with Gasteiger partial charge >= 0.3 is 6.03 Å². The molecule has 0 saturated heterocycles. The molecular weight excluding hydrogens is 488 g/mol. The van der Waals surface area contributed by atoms with Crippen molar-refractivity contribution in [3.63, 3.8) is 0 Å². The average Bonchev–Trinajstić information content (AvgIpc) is 3.65. The van der Waals surface area contributed by atoms with Crippen molar-refractivity contribution in [2.75, 3.05) is 11.9 Å². The summed E-state index contributed by atoms with van der Waals surface area (Å²) in [5.41, 5.74) is 5.22. The molecule has 7 nitrogen and oxygen atoms in total. The van der Waals surface area contributed by atoms with E-state index in [1.54, 1.807) is 30.3 Å². The van der Waals surface area contributed by atoms with Gasteiger partial charge in [0.05, 0.1) is 11.4 Å². The van der Waals surface area contributed by atoms with Crippen LogP contribution < -0.4 is 10.6 Å². The molecule has 0 atom stereocenters. The highest BCUT2D eigenvalue weighted by atomic mass is 16.3. The lowest BCUT2D eigenvalue weighted by Gasteiger charge is -2.12. The van der Waals surface area contributed by atoms with Gasteiger partial charge < -0.3 is 15.7 Å². The maximum absolute atomic E-state index is 13.2. The first-order valence-electron chi connectivity index (χ1n) is 13.7. The lowest BCUT2D eigenvalue weighted by atomic mass is 10.0. The summed E-state index contributed by atoms with van der Waals surface area (Å²) in [5, 5.41) is 21.3. The molecule has 7 heteroatoms. The number of nitrogens with zero attached hydrogens (tertiary/aromatic N) is 2. The Labute approximate surface area is 228 Å². The van der Waals surface area contributed by atoms with Gasteiger partial charge in [-0.25, -0.2) is 4.79 Å². The van der Waals surface area contributed by atoms with E-state index in [0.29, 0.717) is 29.1 Å². The summed E-state index contributed by atoms with van der Waals surface area (Å²) in [6.45, 7) is 2.56. The highest BCUT2D eigenvalue weighted by molar-refractivity contribution is 6.04. The van der Waals surface area contributed by atoms with E-state index < -0.39 is 0 Å². The van der Waals surface area contributed by atoms with Crippen LogP contribution in [0.1, 0.15) is 65.7 Å². The van der Waals surface area contributed by atoms with Gasteiger partial charge in [-0.15, -0.1) is 0 Å². The highest BCUT2D eigenvalue weighted by Crippen LogP contribution is 2.38. The minimum Gasteiger partial charge on any atom is -0.507 e. The number of carbonyl (C=O) groups excluding carboxylic acids is 2. The fourth-order valence-electron chi connectivity index (χ4n) is 5.15. The van der Waals surface area contributed by atoms with Crippen molar-refractivity contribution in [1.82, 2.24) is 15.1 Å². The van der Waals surface area contributed by atoms with E-state index in [1.807, 2.05) is 48.5 Å². The lowest BCUT2D eigenvalue weighted by Crippen LogP contribution is -2.32. The van der Waals surface area contributed by atoms with Crippen LogP contribution in [0.15, 0.2) is 78.9 Å². The van der Waals surface area contributed by atoms with Gasteiger partial charge in [0.25, 0.3) is 5.91 Å². The number of carbonyl (C=O) groups is 2. The third kappa shape index (κ3) is 6.20. The number of nitrogens with one attached hydrogen (secondary N) is 2. The predicted octanol–water partition coefficient (Wildman–Crippen LogP) is 6.53. The van der Waals surface area contributed by atoms with E-state index in [4.69, 9.17) is 0 Å². The molecule has 1 aliphatic rings. The van der Waals surface area contributed by atoms with Crippen molar-refractivity contribution in [2.24, 2.45) is 0 Å². The van der Waals surface area contributed by atoms with Crippen LogP contribution in [0.5, 0.6) is 5.75 Å². The fourth-order valence-corrected chi connectivity index (χ4v) is 5.15. The van der Waals surface area contributed by atoms with Crippen LogP contribution in [0.25, 0.3) is 11.3 Å². The third-order valence-electron chi connectivity index (χ3n) is 7.39. The Bertz CT molecular complexity index is 1440. The van der Waals surface area contributed by atoms with Crippen LogP contribution in [0.2, 0.25) is 0 Å². The minimum atomic E-state index is -0.279.